The molecule has 2 heteroatoms. The third kappa shape index (κ3) is 4.65. The van der Waals surface area contributed by atoms with E-state index in [4.69, 9.17) is 0 Å². The van der Waals surface area contributed by atoms with Crippen LogP contribution in [0, 0.1) is 5.41 Å². The summed E-state index contributed by atoms with van der Waals surface area (Å²) in [5.74, 6) is 0.415. The van der Waals surface area contributed by atoms with Crippen LogP contribution in [0.2, 0.25) is 0 Å². The number of likely N-dealkylation sites (N-methyl/N-ethyl adjacent to an activating group) is 1. The Hall–Kier alpha value is -0.370. The molecule has 0 aromatic heterocycles. The van der Waals surface area contributed by atoms with Crippen LogP contribution in [-0.2, 0) is 4.79 Å². The van der Waals surface area contributed by atoms with E-state index in [0.717, 1.165) is 32.4 Å². The summed E-state index contributed by atoms with van der Waals surface area (Å²) < 4.78 is 0. The average molecular weight is 227 g/mol. The molecule has 2 nitrogen and oxygen atoms in total. The number of Topliss-reactive ketones (excluding diaryl/α,β-unsaturated/α-hetero) is 1. The molecule has 0 aromatic rings. The van der Waals surface area contributed by atoms with E-state index in [0.29, 0.717) is 5.78 Å². The lowest BCUT2D eigenvalue weighted by atomic mass is 9.81. The maximum Gasteiger partial charge on any atom is 0.150 e. The number of carbonyl (C=O) groups excluding carboxylic acids is 1. The van der Waals surface area contributed by atoms with Crippen molar-refractivity contribution in [3.05, 3.63) is 0 Å². The number of hydrogen-bond donors (Lipinski definition) is 0. The second kappa shape index (κ2) is 7.05. The second-order valence-electron chi connectivity index (χ2n) is 5.56. The number of ketones is 1. The molecule has 0 spiro atoms. The number of nitrogens with zero attached hydrogens (tertiary/aromatic N) is 1. The molecule has 0 rings (SSSR count). The van der Waals surface area contributed by atoms with Crippen molar-refractivity contribution in [1.82, 2.24) is 4.90 Å². The molecule has 16 heavy (non-hydrogen) atoms. The van der Waals surface area contributed by atoms with Crippen molar-refractivity contribution in [2.45, 2.75) is 66.8 Å². The minimum Gasteiger partial charge on any atom is -0.298 e. The zero-order chi connectivity index (χ0) is 12.8. The molecule has 0 aromatic carbocycles. The monoisotopic (exact) mass is 227 g/mol. The summed E-state index contributed by atoms with van der Waals surface area (Å²) in [6.45, 7) is 14.8. The predicted molar refractivity (Wildman–Crippen MR) is 70.7 cm³/mol. The van der Waals surface area contributed by atoms with Crippen molar-refractivity contribution in [3.63, 3.8) is 0 Å². The van der Waals surface area contributed by atoms with Gasteiger partial charge in [0.25, 0.3) is 0 Å². The highest BCUT2D eigenvalue weighted by Crippen LogP contribution is 2.26. The highest BCUT2D eigenvalue weighted by Gasteiger charge is 2.34. The molecular formula is C14H29NO. The summed E-state index contributed by atoms with van der Waals surface area (Å²) in [4.78, 5) is 14.6. The van der Waals surface area contributed by atoms with Gasteiger partial charge in [-0.2, -0.15) is 0 Å². The fraction of sp³-hybridized carbons (Fsp3) is 0.929. The quantitative estimate of drug-likeness (QED) is 0.663. The minimum absolute atomic E-state index is 0.0385. The molecule has 0 radical (unpaired) electrons. The third-order valence-corrected chi connectivity index (χ3v) is 3.08. The van der Waals surface area contributed by atoms with Crippen LogP contribution in [0.1, 0.15) is 60.8 Å². The zero-order valence-corrected chi connectivity index (χ0v) is 12.0. The van der Waals surface area contributed by atoms with Crippen LogP contribution < -0.4 is 0 Å². The van der Waals surface area contributed by atoms with Gasteiger partial charge in [0.1, 0.15) is 0 Å². The van der Waals surface area contributed by atoms with E-state index < -0.39 is 0 Å². The van der Waals surface area contributed by atoms with Gasteiger partial charge >= 0.3 is 0 Å². The molecule has 0 bridgehead atoms. The van der Waals surface area contributed by atoms with Gasteiger partial charge in [-0.15, -0.1) is 0 Å². The molecule has 0 aliphatic carbocycles. The van der Waals surface area contributed by atoms with Crippen molar-refractivity contribution < 1.29 is 4.79 Å². The van der Waals surface area contributed by atoms with Crippen LogP contribution in [0.4, 0.5) is 0 Å². The van der Waals surface area contributed by atoms with Crippen LogP contribution in [0.15, 0.2) is 0 Å². The van der Waals surface area contributed by atoms with E-state index >= 15 is 0 Å². The highest BCUT2D eigenvalue weighted by molar-refractivity contribution is 5.84. The van der Waals surface area contributed by atoms with Crippen molar-refractivity contribution in [2.75, 3.05) is 13.1 Å². The SMILES string of the molecule is CCCCC(=O)[C@H](N(CC)CC)C(C)(C)C. The Balaban J connectivity index is 4.73. The third-order valence-electron chi connectivity index (χ3n) is 3.08. The van der Waals surface area contributed by atoms with Crippen molar-refractivity contribution in [3.8, 4) is 0 Å². The van der Waals surface area contributed by atoms with E-state index in [-0.39, 0.29) is 11.5 Å². The van der Waals surface area contributed by atoms with E-state index in [1.165, 1.54) is 0 Å². The van der Waals surface area contributed by atoms with Crippen LogP contribution in [0.5, 0.6) is 0 Å². The lowest BCUT2D eigenvalue weighted by Crippen LogP contribution is -2.49. The van der Waals surface area contributed by atoms with Crippen molar-refractivity contribution in [2.24, 2.45) is 5.41 Å². The van der Waals surface area contributed by atoms with Gasteiger partial charge in [-0.05, 0) is 24.9 Å². The molecule has 96 valence electrons. The lowest BCUT2D eigenvalue weighted by molar-refractivity contribution is -0.128. The van der Waals surface area contributed by atoms with Gasteiger partial charge in [0.15, 0.2) is 5.78 Å². The average Bonchev–Trinajstić information content (AvgIpc) is 2.20. The van der Waals surface area contributed by atoms with Crippen molar-refractivity contribution >= 4 is 5.78 Å². The van der Waals surface area contributed by atoms with Gasteiger partial charge in [0.2, 0.25) is 0 Å². The molecule has 0 N–H and O–H groups in total. The molecule has 0 fully saturated rings. The number of carbonyl (C=O) groups is 1. The Morgan fingerprint density at radius 3 is 1.94 bits per heavy atom. The Kier molecular flexibility index (Phi) is 6.89. The molecule has 0 unspecified atom stereocenters. The lowest BCUT2D eigenvalue weighted by Gasteiger charge is -2.38. The van der Waals surface area contributed by atoms with Crippen molar-refractivity contribution in [1.29, 1.82) is 0 Å². The summed E-state index contributed by atoms with van der Waals surface area (Å²) >= 11 is 0. The fourth-order valence-electron chi connectivity index (χ4n) is 2.31. The molecule has 0 amide bonds. The number of rotatable bonds is 7. The molecule has 0 saturated carbocycles. The maximum absolute atomic E-state index is 12.3. The first-order valence-corrected chi connectivity index (χ1v) is 6.65. The van der Waals surface area contributed by atoms with E-state index in [9.17, 15) is 4.79 Å². The largest absolute Gasteiger partial charge is 0.298 e. The first-order chi connectivity index (χ1) is 7.38. The Bertz CT molecular complexity index is 201. The summed E-state index contributed by atoms with van der Waals surface area (Å²) in [5, 5.41) is 0. The Labute approximate surface area is 101 Å². The predicted octanol–water partition coefficient (Wildman–Crippen LogP) is 3.50. The van der Waals surface area contributed by atoms with Gasteiger partial charge in [0, 0.05) is 6.42 Å². The molecule has 0 heterocycles. The summed E-state index contributed by atoms with van der Waals surface area (Å²) in [6, 6.07) is 0.0778. The molecule has 0 aliphatic rings. The van der Waals surface area contributed by atoms with Gasteiger partial charge < -0.3 is 0 Å². The summed E-state index contributed by atoms with van der Waals surface area (Å²) in [6.07, 6.45) is 2.85. The summed E-state index contributed by atoms with van der Waals surface area (Å²) in [5.41, 5.74) is 0.0385. The van der Waals surface area contributed by atoms with Gasteiger partial charge in [-0.25, -0.2) is 0 Å². The van der Waals surface area contributed by atoms with E-state index in [2.05, 4.69) is 46.4 Å². The normalized spacial score (nSPS) is 14.2. The smallest absolute Gasteiger partial charge is 0.150 e. The minimum atomic E-state index is 0.0385. The van der Waals surface area contributed by atoms with E-state index in [1.807, 2.05) is 0 Å². The maximum atomic E-state index is 12.3. The fourth-order valence-corrected chi connectivity index (χ4v) is 2.31. The van der Waals surface area contributed by atoms with Crippen LogP contribution in [0.25, 0.3) is 0 Å². The molecule has 0 aliphatic heterocycles. The highest BCUT2D eigenvalue weighted by atomic mass is 16.1. The first kappa shape index (κ1) is 15.6. The zero-order valence-electron chi connectivity index (χ0n) is 12.0. The number of unbranched alkanes of at least 4 members (excludes halogenated alkanes) is 1. The first-order valence-electron chi connectivity index (χ1n) is 6.65. The Morgan fingerprint density at radius 1 is 1.12 bits per heavy atom. The van der Waals surface area contributed by atoms with Gasteiger partial charge in [-0.3, -0.25) is 9.69 Å². The summed E-state index contributed by atoms with van der Waals surface area (Å²) in [7, 11) is 0. The Morgan fingerprint density at radius 2 is 1.62 bits per heavy atom. The van der Waals surface area contributed by atoms with Crippen LogP contribution in [0.3, 0.4) is 0 Å². The molecule has 1 atom stereocenters. The number of hydrogen-bond acceptors (Lipinski definition) is 2. The molecular weight excluding hydrogens is 198 g/mol. The topological polar surface area (TPSA) is 20.3 Å². The van der Waals surface area contributed by atoms with Crippen LogP contribution >= 0.6 is 0 Å². The van der Waals surface area contributed by atoms with Gasteiger partial charge in [-0.1, -0.05) is 48.0 Å². The van der Waals surface area contributed by atoms with E-state index in [1.54, 1.807) is 0 Å². The standard InChI is InChI=1S/C14H29NO/c1-7-10-11-12(16)13(14(4,5)6)15(8-2)9-3/h13H,7-11H2,1-6H3/t13-/m0/s1. The van der Waals surface area contributed by atoms with Gasteiger partial charge in [0.05, 0.1) is 6.04 Å². The van der Waals surface area contributed by atoms with Crippen LogP contribution in [-0.4, -0.2) is 29.8 Å². The second-order valence-corrected chi connectivity index (χ2v) is 5.56. The molecule has 0 saturated heterocycles.